The number of rotatable bonds is 4. The van der Waals surface area contributed by atoms with Gasteiger partial charge in [0.15, 0.2) is 5.78 Å². The fourth-order valence-electron chi connectivity index (χ4n) is 4.49. The van der Waals surface area contributed by atoms with Gasteiger partial charge in [-0.05, 0) is 62.6 Å². The molecule has 1 aromatic carbocycles. The molecule has 170 valence electrons. The summed E-state index contributed by atoms with van der Waals surface area (Å²) in [6.45, 7) is 12.2. The third kappa shape index (κ3) is 5.62. The largest absolute Gasteiger partial charge is 0.334 e. The van der Waals surface area contributed by atoms with Crippen molar-refractivity contribution in [2.45, 2.75) is 45.2 Å². The number of hydrogen-bond acceptors (Lipinski definition) is 4. The van der Waals surface area contributed by atoms with E-state index in [9.17, 15) is 9.59 Å². The molecule has 2 aliphatic rings. The summed E-state index contributed by atoms with van der Waals surface area (Å²) in [6, 6.07) is 8.59. The topological polar surface area (TPSA) is 58.4 Å². The van der Waals surface area contributed by atoms with E-state index in [-0.39, 0.29) is 29.7 Å². The van der Waals surface area contributed by atoms with E-state index in [1.807, 2.05) is 49.5 Å². The van der Waals surface area contributed by atoms with Crippen molar-refractivity contribution in [3.05, 3.63) is 72.1 Å². The van der Waals surface area contributed by atoms with Crippen molar-refractivity contribution in [2.24, 2.45) is 7.05 Å². The van der Waals surface area contributed by atoms with Gasteiger partial charge in [0.2, 0.25) is 5.91 Å². The number of aryl methyl sites for hydroxylation is 2. The second-order valence-corrected chi connectivity index (χ2v) is 8.78. The van der Waals surface area contributed by atoms with Gasteiger partial charge in [-0.1, -0.05) is 36.9 Å². The number of nitrogens with zero attached hydrogens (tertiary/aromatic N) is 4. The van der Waals surface area contributed by atoms with Crippen LogP contribution < -0.4 is 0 Å². The molecule has 6 nitrogen and oxygen atoms in total. The van der Waals surface area contributed by atoms with E-state index >= 15 is 0 Å². The van der Waals surface area contributed by atoms with Crippen molar-refractivity contribution >= 4 is 17.8 Å². The van der Waals surface area contributed by atoms with Crippen LogP contribution in [0.5, 0.6) is 0 Å². The van der Waals surface area contributed by atoms with Crippen LogP contribution in [0.2, 0.25) is 0 Å². The SMILES string of the molecule is C=CC(=O)N1CC(C)N(CCC2C(=O)C=Cc3ccccc32)CC1C.Cc1cnn(C)c1. The van der Waals surface area contributed by atoms with Gasteiger partial charge in [-0.2, -0.15) is 5.10 Å². The monoisotopic (exact) mass is 434 g/mol. The summed E-state index contributed by atoms with van der Waals surface area (Å²) in [5, 5.41) is 3.93. The predicted molar refractivity (Wildman–Crippen MR) is 128 cm³/mol. The summed E-state index contributed by atoms with van der Waals surface area (Å²) in [6.07, 6.45) is 9.63. The van der Waals surface area contributed by atoms with Gasteiger partial charge in [0, 0.05) is 44.3 Å². The number of allylic oxidation sites excluding steroid dienone is 1. The van der Waals surface area contributed by atoms with Crippen molar-refractivity contribution in [3.63, 3.8) is 0 Å². The molecule has 6 heteroatoms. The Kier molecular flexibility index (Phi) is 7.80. The Morgan fingerprint density at radius 2 is 1.94 bits per heavy atom. The summed E-state index contributed by atoms with van der Waals surface area (Å²) in [4.78, 5) is 28.6. The second kappa shape index (κ2) is 10.6. The van der Waals surface area contributed by atoms with Gasteiger partial charge in [-0.25, -0.2) is 0 Å². The number of amides is 1. The second-order valence-electron chi connectivity index (χ2n) is 8.78. The van der Waals surface area contributed by atoms with Crippen molar-refractivity contribution in [1.82, 2.24) is 19.6 Å². The molecular weight excluding hydrogens is 400 g/mol. The minimum atomic E-state index is -0.0588. The number of carbonyl (C=O) groups excluding carboxylic acids is 2. The van der Waals surface area contributed by atoms with Gasteiger partial charge >= 0.3 is 0 Å². The zero-order valence-corrected chi connectivity index (χ0v) is 19.6. The van der Waals surface area contributed by atoms with Crippen LogP contribution in [0, 0.1) is 6.92 Å². The summed E-state index contributed by atoms with van der Waals surface area (Å²) in [5.74, 6) is 0.136. The van der Waals surface area contributed by atoms with Crippen molar-refractivity contribution in [3.8, 4) is 0 Å². The van der Waals surface area contributed by atoms with E-state index in [0.29, 0.717) is 6.54 Å². The Morgan fingerprint density at radius 1 is 1.19 bits per heavy atom. The van der Waals surface area contributed by atoms with Crippen LogP contribution in [0.3, 0.4) is 0 Å². The van der Waals surface area contributed by atoms with E-state index in [0.717, 1.165) is 30.6 Å². The molecular formula is C26H34N4O2. The summed E-state index contributed by atoms with van der Waals surface area (Å²) < 4.78 is 1.79. The number of hydrogen-bond donors (Lipinski definition) is 0. The molecule has 0 spiro atoms. The highest BCUT2D eigenvalue weighted by molar-refractivity contribution is 6.01. The molecule has 1 saturated heterocycles. The van der Waals surface area contributed by atoms with Gasteiger partial charge in [0.05, 0.1) is 6.20 Å². The highest BCUT2D eigenvalue weighted by atomic mass is 16.2. The fraction of sp³-hybridized carbons (Fsp3) is 0.423. The maximum absolute atomic E-state index is 12.4. The van der Waals surface area contributed by atoms with Gasteiger partial charge < -0.3 is 4.90 Å². The first-order chi connectivity index (χ1) is 15.3. The average Bonchev–Trinajstić information content (AvgIpc) is 3.17. The standard InChI is InChI=1S/C21H26N2O2.C5H8N2/c1-4-21(25)23-14-15(2)22(13-16(23)3)12-11-19-18-8-6-5-7-17(18)9-10-20(19)24;1-5-3-6-7(2)4-5/h4-10,15-16,19H,1,11-14H2,2-3H3;3-4H,1-2H3. The highest BCUT2D eigenvalue weighted by Gasteiger charge is 2.32. The number of piperazine rings is 1. The Morgan fingerprint density at radius 3 is 2.56 bits per heavy atom. The Hall–Kier alpha value is -2.99. The van der Waals surface area contributed by atoms with Crippen LogP contribution in [0.15, 0.2) is 55.4 Å². The maximum Gasteiger partial charge on any atom is 0.246 e. The summed E-state index contributed by atoms with van der Waals surface area (Å²) >= 11 is 0. The minimum absolute atomic E-state index is 0.000484. The molecule has 1 aliphatic carbocycles. The molecule has 0 N–H and O–H groups in total. The lowest BCUT2D eigenvalue weighted by Gasteiger charge is -2.44. The molecule has 0 bridgehead atoms. The molecule has 0 radical (unpaired) electrons. The maximum atomic E-state index is 12.4. The lowest BCUT2D eigenvalue weighted by Crippen LogP contribution is -2.57. The molecule has 4 rings (SSSR count). The third-order valence-electron chi connectivity index (χ3n) is 6.25. The third-order valence-corrected chi connectivity index (χ3v) is 6.25. The van der Waals surface area contributed by atoms with Crippen LogP contribution in [-0.4, -0.2) is 63.0 Å². The van der Waals surface area contributed by atoms with Gasteiger partial charge in [0.25, 0.3) is 0 Å². The van der Waals surface area contributed by atoms with Crippen LogP contribution in [0.4, 0.5) is 0 Å². The Balaban J connectivity index is 0.000000352. The van der Waals surface area contributed by atoms with E-state index in [2.05, 4.69) is 42.6 Å². The van der Waals surface area contributed by atoms with Crippen LogP contribution >= 0.6 is 0 Å². The van der Waals surface area contributed by atoms with E-state index in [4.69, 9.17) is 0 Å². The first-order valence-corrected chi connectivity index (χ1v) is 11.2. The van der Waals surface area contributed by atoms with Crippen molar-refractivity contribution in [2.75, 3.05) is 19.6 Å². The first kappa shape index (κ1) is 23.7. The molecule has 3 unspecified atom stereocenters. The number of ketones is 1. The zero-order chi connectivity index (χ0) is 23.3. The number of benzene rings is 1. The number of aromatic nitrogens is 2. The average molecular weight is 435 g/mol. The molecule has 1 aliphatic heterocycles. The highest BCUT2D eigenvalue weighted by Crippen LogP contribution is 2.30. The fourth-order valence-corrected chi connectivity index (χ4v) is 4.49. The number of carbonyl (C=O) groups is 2. The van der Waals surface area contributed by atoms with Crippen molar-refractivity contribution in [1.29, 1.82) is 0 Å². The molecule has 0 saturated carbocycles. The number of fused-ring (bicyclic) bond motifs is 1. The lowest BCUT2D eigenvalue weighted by atomic mass is 9.84. The first-order valence-electron chi connectivity index (χ1n) is 11.2. The Labute approximate surface area is 191 Å². The quantitative estimate of drug-likeness (QED) is 0.690. The van der Waals surface area contributed by atoms with E-state index in [1.54, 1.807) is 10.8 Å². The van der Waals surface area contributed by atoms with Crippen LogP contribution in [0.25, 0.3) is 6.08 Å². The van der Waals surface area contributed by atoms with Gasteiger partial charge in [0.1, 0.15) is 0 Å². The molecule has 2 heterocycles. The molecule has 2 aromatic rings. The smallest absolute Gasteiger partial charge is 0.246 e. The van der Waals surface area contributed by atoms with E-state index in [1.165, 1.54) is 11.6 Å². The van der Waals surface area contributed by atoms with Gasteiger partial charge in [-0.3, -0.25) is 19.2 Å². The molecule has 1 fully saturated rings. The van der Waals surface area contributed by atoms with Crippen LogP contribution in [0.1, 0.15) is 42.9 Å². The molecule has 32 heavy (non-hydrogen) atoms. The predicted octanol–water partition coefficient (Wildman–Crippen LogP) is 3.59. The zero-order valence-electron chi connectivity index (χ0n) is 19.6. The molecule has 3 atom stereocenters. The minimum Gasteiger partial charge on any atom is -0.334 e. The van der Waals surface area contributed by atoms with E-state index < -0.39 is 0 Å². The summed E-state index contributed by atoms with van der Waals surface area (Å²) in [5.41, 5.74) is 3.49. The van der Waals surface area contributed by atoms with Gasteiger partial charge in [-0.15, -0.1) is 0 Å². The Bertz CT molecular complexity index is 977. The van der Waals surface area contributed by atoms with Crippen molar-refractivity contribution < 1.29 is 9.59 Å². The molecule has 1 amide bonds. The lowest BCUT2D eigenvalue weighted by molar-refractivity contribution is -0.131. The summed E-state index contributed by atoms with van der Waals surface area (Å²) in [7, 11) is 1.91. The van der Waals surface area contributed by atoms with Crippen LogP contribution in [-0.2, 0) is 16.6 Å². The molecule has 1 aromatic heterocycles. The normalized spacial score (nSPS) is 22.7.